The molecule has 2 aromatic rings. The third-order valence-corrected chi connectivity index (χ3v) is 6.83. The largest absolute Gasteiger partial charge is 0.489 e. The summed E-state index contributed by atoms with van der Waals surface area (Å²) in [5.41, 5.74) is -0.263. The first-order chi connectivity index (χ1) is 14.7. The first kappa shape index (κ1) is 21.6. The molecule has 0 bridgehead atoms. The zero-order valence-electron chi connectivity index (χ0n) is 18.5. The summed E-state index contributed by atoms with van der Waals surface area (Å²) >= 11 is 0. The van der Waals surface area contributed by atoms with E-state index in [1.807, 2.05) is 18.9 Å². The maximum absolute atomic E-state index is 15.5. The Morgan fingerprint density at radius 3 is 2.65 bits per heavy atom. The van der Waals surface area contributed by atoms with E-state index in [2.05, 4.69) is 19.2 Å². The van der Waals surface area contributed by atoms with Crippen molar-refractivity contribution in [2.45, 2.75) is 51.6 Å². The average molecular weight is 432 g/mol. The van der Waals surface area contributed by atoms with Crippen LogP contribution >= 0.6 is 0 Å². The van der Waals surface area contributed by atoms with Gasteiger partial charge in [-0.3, -0.25) is 4.79 Å². The van der Waals surface area contributed by atoms with Crippen molar-refractivity contribution >= 4 is 22.6 Å². The number of fused-ring (bicyclic) bond motifs is 1. The third-order valence-electron chi connectivity index (χ3n) is 6.83. The van der Waals surface area contributed by atoms with Crippen LogP contribution in [0.4, 0.5) is 10.1 Å². The van der Waals surface area contributed by atoms with Gasteiger partial charge >= 0.3 is 5.97 Å². The van der Waals surface area contributed by atoms with E-state index in [0.29, 0.717) is 42.6 Å². The summed E-state index contributed by atoms with van der Waals surface area (Å²) in [7, 11) is 1.93. The van der Waals surface area contributed by atoms with Crippen LogP contribution in [-0.4, -0.2) is 47.9 Å². The number of pyridine rings is 1. The molecule has 1 saturated carbocycles. The van der Waals surface area contributed by atoms with Crippen molar-refractivity contribution in [1.82, 2.24) is 9.88 Å². The van der Waals surface area contributed by atoms with Crippen LogP contribution in [0.25, 0.3) is 10.9 Å². The van der Waals surface area contributed by atoms with Gasteiger partial charge in [-0.05, 0) is 59.1 Å². The smallest absolute Gasteiger partial charge is 0.341 e. The Balaban J connectivity index is 1.93. The van der Waals surface area contributed by atoms with Gasteiger partial charge in [0.1, 0.15) is 11.3 Å². The van der Waals surface area contributed by atoms with Gasteiger partial charge in [0.2, 0.25) is 5.43 Å². The van der Waals surface area contributed by atoms with Crippen LogP contribution in [0.2, 0.25) is 0 Å². The number of rotatable bonds is 7. The number of aromatic carboxylic acids is 1. The Labute approximate surface area is 180 Å². The zero-order chi connectivity index (χ0) is 22.5. The molecular weight excluding hydrogens is 401 g/mol. The Morgan fingerprint density at radius 2 is 2.06 bits per heavy atom. The molecule has 1 aliphatic heterocycles. The Bertz CT molecular complexity index is 1090. The fraction of sp³-hybridized carbons (Fsp3) is 0.565. The van der Waals surface area contributed by atoms with Gasteiger partial charge in [-0.2, -0.15) is 0 Å². The molecule has 1 saturated heterocycles. The summed E-state index contributed by atoms with van der Waals surface area (Å²) in [6.45, 7) is 7.75. The third kappa shape index (κ3) is 3.67. The van der Waals surface area contributed by atoms with Crippen molar-refractivity contribution < 1.29 is 19.0 Å². The van der Waals surface area contributed by atoms with Crippen molar-refractivity contribution in [1.29, 1.82) is 0 Å². The molecule has 1 atom stereocenters. The quantitative estimate of drug-likeness (QED) is 0.699. The van der Waals surface area contributed by atoms with Crippen LogP contribution in [0.5, 0.6) is 5.75 Å². The zero-order valence-corrected chi connectivity index (χ0v) is 18.5. The molecule has 1 aliphatic carbocycles. The van der Waals surface area contributed by atoms with E-state index in [4.69, 9.17) is 4.74 Å². The number of nitrogens with one attached hydrogen (secondary N) is 1. The molecule has 8 heteroatoms. The minimum absolute atomic E-state index is 0.0581. The number of halogens is 1. The highest BCUT2D eigenvalue weighted by Crippen LogP contribution is 2.45. The van der Waals surface area contributed by atoms with Gasteiger partial charge < -0.3 is 24.6 Å². The number of ether oxygens (including phenoxy) is 1. The molecule has 2 N–H and O–H groups in total. The van der Waals surface area contributed by atoms with Crippen molar-refractivity contribution in [2.24, 2.45) is 5.92 Å². The average Bonchev–Trinajstić information content (AvgIpc) is 3.44. The number of hydrogen-bond donors (Lipinski definition) is 2. The van der Waals surface area contributed by atoms with E-state index >= 15 is 4.39 Å². The van der Waals surface area contributed by atoms with Crippen molar-refractivity contribution in [3.8, 4) is 5.75 Å². The van der Waals surface area contributed by atoms with E-state index in [9.17, 15) is 14.7 Å². The van der Waals surface area contributed by atoms with E-state index in [-0.39, 0.29) is 22.5 Å². The van der Waals surface area contributed by atoms with Crippen molar-refractivity contribution in [2.75, 3.05) is 31.6 Å². The summed E-state index contributed by atoms with van der Waals surface area (Å²) in [4.78, 5) is 26.5. The molecule has 1 aromatic carbocycles. The number of carboxylic acids is 1. The topological polar surface area (TPSA) is 83.8 Å². The Kier molecular flexibility index (Phi) is 5.45. The van der Waals surface area contributed by atoms with E-state index in [1.165, 1.54) is 12.3 Å². The normalized spacial score (nSPS) is 19.3. The molecule has 168 valence electrons. The van der Waals surface area contributed by atoms with E-state index in [0.717, 1.165) is 19.3 Å². The molecule has 1 aromatic heterocycles. The first-order valence-corrected chi connectivity index (χ1v) is 10.9. The minimum atomic E-state index is -1.31. The number of aromatic nitrogens is 1. The minimum Gasteiger partial charge on any atom is -0.489 e. The molecule has 0 radical (unpaired) electrons. The summed E-state index contributed by atoms with van der Waals surface area (Å²) in [6, 6.07) is 1.28. The highest BCUT2D eigenvalue weighted by atomic mass is 19.1. The lowest BCUT2D eigenvalue weighted by Crippen LogP contribution is -2.45. The molecule has 7 nitrogen and oxygen atoms in total. The van der Waals surface area contributed by atoms with Crippen LogP contribution in [-0.2, 0) is 0 Å². The van der Waals surface area contributed by atoms with Crippen LogP contribution in [0.3, 0.4) is 0 Å². The lowest BCUT2D eigenvalue weighted by molar-refractivity contribution is 0.0694. The highest BCUT2D eigenvalue weighted by Gasteiger charge is 2.37. The fourth-order valence-electron chi connectivity index (χ4n) is 4.57. The molecule has 0 spiro atoms. The molecule has 2 fully saturated rings. The molecule has 2 heterocycles. The number of carboxylic acid groups (broad SMARTS) is 1. The van der Waals surface area contributed by atoms with Crippen molar-refractivity contribution in [3.05, 3.63) is 33.9 Å². The summed E-state index contributed by atoms with van der Waals surface area (Å²) in [5, 5.41) is 12.9. The second kappa shape index (κ2) is 7.82. The van der Waals surface area contributed by atoms with Gasteiger partial charge in [-0.25, -0.2) is 9.18 Å². The van der Waals surface area contributed by atoms with Gasteiger partial charge in [0.05, 0.1) is 17.5 Å². The fourth-order valence-corrected chi connectivity index (χ4v) is 4.57. The summed E-state index contributed by atoms with van der Waals surface area (Å²) < 4.78 is 23.3. The first-order valence-electron chi connectivity index (χ1n) is 10.9. The predicted octanol–water partition coefficient (Wildman–Crippen LogP) is 3.40. The monoisotopic (exact) mass is 431 g/mol. The van der Waals surface area contributed by atoms with Gasteiger partial charge in [0.25, 0.3) is 0 Å². The molecule has 2 aliphatic rings. The Hall–Kier alpha value is -2.61. The summed E-state index contributed by atoms with van der Waals surface area (Å²) in [6.07, 6.45) is 4.07. The molecule has 31 heavy (non-hydrogen) atoms. The van der Waals surface area contributed by atoms with Gasteiger partial charge in [0, 0.05) is 30.9 Å². The molecule has 0 amide bonds. The maximum atomic E-state index is 15.5. The maximum Gasteiger partial charge on any atom is 0.341 e. The van der Waals surface area contributed by atoms with Gasteiger partial charge in [0.15, 0.2) is 11.6 Å². The second-order valence-electron chi connectivity index (χ2n) is 9.08. The van der Waals surface area contributed by atoms with Crippen LogP contribution in [0, 0.1) is 11.7 Å². The predicted molar refractivity (Wildman–Crippen MR) is 118 cm³/mol. The number of nitrogens with zero attached hydrogens (tertiary/aromatic N) is 2. The Morgan fingerprint density at radius 1 is 1.35 bits per heavy atom. The molecular formula is C23H30FN3O4. The van der Waals surface area contributed by atoms with Gasteiger partial charge in [-0.1, -0.05) is 0 Å². The number of hydrogen-bond acceptors (Lipinski definition) is 5. The van der Waals surface area contributed by atoms with Crippen LogP contribution in [0.15, 0.2) is 17.1 Å². The van der Waals surface area contributed by atoms with Crippen molar-refractivity contribution in [3.63, 3.8) is 0 Å². The number of anilines is 1. The lowest BCUT2D eigenvalue weighted by Gasteiger charge is -2.32. The molecule has 4 rings (SSSR count). The SMILES string of the molecule is CCOc1c(N2CC[C@@H](C(C)(C)NC)C2)c(F)cc2c(=O)c(C(=O)O)cn(C3CC3)c12. The van der Waals surface area contributed by atoms with Crippen LogP contribution in [0.1, 0.15) is 56.4 Å². The van der Waals surface area contributed by atoms with Gasteiger partial charge in [-0.15, -0.1) is 0 Å². The van der Waals surface area contributed by atoms with E-state index in [1.54, 1.807) is 4.57 Å². The van der Waals surface area contributed by atoms with E-state index < -0.39 is 17.2 Å². The molecule has 0 unspecified atom stereocenters. The lowest BCUT2D eigenvalue weighted by atomic mass is 9.87. The standard InChI is InChI=1S/C23H30FN3O4/c1-5-31-21-18-15(20(28)16(22(29)30)12-27(18)14-6-7-14)10-17(24)19(21)26-9-8-13(11-26)23(2,3)25-4/h10,12-14,25H,5-9,11H2,1-4H3,(H,29,30)/t13-/m1/s1. The van der Waals surface area contributed by atoms with Crippen LogP contribution < -0.4 is 20.4 Å². The number of carbonyl (C=O) groups is 1. The number of benzene rings is 1. The highest BCUT2D eigenvalue weighted by molar-refractivity contribution is 5.97. The second-order valence-corrected chi connectivity index (χ2v) is 9.08. The summed E-state index contributed by atoms with van der Waals surface area (Å²) in [5.74, 6) is -1.20.